The van der Waals surface area contributed by atoms with Crippen molar-refractivity contribution in [2.45, 2.75) is 39.0 Å². The molecule has 0 bridgehead atoms. The molecule has 0 saturated carbocycles. The van der Waals surface area contributed by atoms with Crippen molar-refractivity contribution >= 4 is 5.78 Å². The summed E-state index contributed by atoms with van der Waals surface area (Å²) in [7, 11) is 0. The topological polar surface area (TPSA) is 56.0 Å². The molecule has 1 aliphatic rings. The zero-order valence-corrected chi connectivity index (χ0v) is 11.8. The zero-order valence-electron chi connectivity index (χ0n) is 11.8. The second kappa shape index (κ2) is 5.19. The molecular formula is C16H18N2O2. The quantitative estimate of drug-likeness (QED) is 0.857. The van der Waals surface area contributed by atoms with Gasteiger partial charge in [0, 0.05) is 11.8 Å². The standard InChI is InChI=1S/C16H18N2O2/c1-10(2)14(19)9-15-17-16(18-20-15)13-8-7-11-5-3-4-6-12(11)13/h3-6,10,13H,7-9H2,1-2H3. The monoisotopic (exact) mass is 270 g/mol. The van der Waals surface area contributed by atoms with E-state index in [2.05, 4.69) is 28.3 Å². The summed E-state index contributed by atoms with van der Waals surface area (Å²) in [5.41, 5.74) is 2.65. The lowest BCUT2D eigenvalue weighted by Gasteiger charge is -2.05. The van der Waals surface area contributed by atoms with E-state index in [1.54, 1.807) is 0 Å². The van der Waals surface area contributed by atoms with E-state index in [0.717, 1.165) is 12.8 Å². The molecule has 0 N–H and O–H groups in total. The van der Waals surface area contributed by atoms with Crippen LogP contribution in [-0.4, -0.2) is 15.9 Å². The number of hydrogen-bond acceptors (Lipinski definition) is 4. The minimum atomic E-state index is -0.00226. The van der Waals surface area contributed by atoms with Crippen molar-refractivity contribution in [3.8, 4) is 0 Å². The van der Waals surface area contributed by atoms with Gasteiger partial charge in [0.25, 0.3) is 0 Å². The Hall–Kier alpha value is -1.97. The number of benzene rings is 1. The molecule has 1 aromatic carbocycles. The Morgan fingerprint density at radius 3 is 3.00 bits per heavy atom. The number of carbonyl (C=O) groups is 1. The minimum Gasteiger partial charge on any atom is -0.339 e. The number of aromatic nitrogens is 2. The summed E-state index contributed by atoms with van der Waals surface area (Å²) < 4.78 is 5.23. The molecule has 1 aromatic heterocycles. The molecule has 0 aliphatic heterocycles. The fraction of sp³-hybridized carbons (Fsp3) is 0.438. The second-order valence-electron chi connectivity index (χ2n) is 5.63. The van der Waals surface area contributed by atoms with Crippen molar-refractivity contribution in [1.82, 2.24) is 10.1 Å². The fourth-order valence-corrected chi connectivity index (χ4v) is 2.66. The van der Waals surface area contributed by atoms with Crippen LogP contribution in [0.3, 0.4) is 0 Å². The van der Waals surface area contributed by atoms with E-state index < -0.39 is 0 Å². The highest BCUT2D eigenvalue weighted by atomic mass is 16.5. The lowest BCUT2D eigenvalue weighted by molar-refractivity contribution is -0.121. The first-order valence-corrected chi connectivity index (χ1v) is 7.08. The molecule has 0 fully saturated rings. The summed E-state index contributed by atoms with van der Waals surface area (Å²) in [6.07, 6.45) is 2.30. The van der Waals surface area contributed by atoms with Crippen molar-refractivity contribution in [1.29, 1.82) is 0 Å². The van der Waals surface area contributed by atoms with Crippen LogP contribution >= 0.6 is 0 Å². The molecule has 0 spiro atoms. The van der Waals surface area contributed by atoms with Crippen LogP contribution in [0, 0.1) is 5.92 Å². The third-order valence-electron chi connectivity index (χ3n) is 3.90. The molecule has 1 aliphatic carbocycles. The average molecular weight is 270 g/mol. The van der Waals surface area contributed by atoms with Crippen molar-refractivity contribution in [2.24, 2.45) is 5.92 Å². The van der Waals surface area contributed by atoms with Crippen molar-refractivity contribution in [3.63, 3.8) is 0 Å². The Bertz CT molecular complexity index is 631. The molecule has 0 saturated heterocycles. The number of rotatable bonds is 4. The smallest absolute Gasteiger partial charge is 0.234 e. The Kier molecular flexibility index (Phi) is 3.38. The van der Waals surface area contributed by atoms with E-state index in [1.807, 2.05) is 19.9 Å². The molecule has 104 valence electrons. The highest BCUT2D eigenvalue weighted by molar-refractivity contribution is 5.81. The SMILES string of the molecule is CC(C)C(=O)Cc1nc(C2CCc3ccccc32)no1. The third-order valence-corrected chi connectivity index (χ3v) is 3.90. The molecule has 1 unspecified atom stereocenters. The predicted octanol–water partition coefficient (Wildman–Crippen LogP) is 2.92. The molecule has 1 heterocycles. The number of ketones is 1. The Balaban J connectivity index is 1.80. The van der Waals surface area contributed by atoms with Gasteiger partial charge in [-0.1, -0.05) is 43.3 Å². The van der Waals surface area contributed by atoms with Gasteiger partial charge >= 0.3 is 0 Å². The summed E-state index contributed by atoms with van der Waals surface area (Å²) in [6.45, 7) is 3.76. The van der Waals surface area contributed by atoms with Crippen LogP contribution in [0.15, 0.2) is 28.8 Å². The van der Waals surface area contributed by atoms with E-state index in [1.165, 1.54) is 11.1 Å². The highest BCUT2D eigenvalue weighted by Crippen LogP contribution is 2.36. The number of fused-ring (bicyclic) bond motifs is 1. The number of Topliss-reactive ketones (excluding diaryl/α,β-unsaturated/α-hetero) is 1. The number of aryl methyl sites for hydroxylation is 1. The number of hydrogen-bond donors (Lipinski definition) is 0. The minimum absolute atomic E-state index is 0.00226. The van der Waals surface area contributed by atoms with Gasteiger partial charge in [-0.05, 0) is 24.0 Å². The third kappa shape index (κ3) is 2.38. The van der Waals surface area contributed by atoms with Crippen LogP contribution in [0.1, 0.15) is 49.0 Å². The molecule has 1 atom stereocenters. The molecule has 0 radical (unpaired) electrons. The van der Waals surface area contributed by atoms with Crippen LogP contribution in [-0.2, 0) is 17.6 Å². The van der Waals surface area contributed by atoms with Gasteiger partial charge in [0.1, 0.15) is 5.78 Å². The van der Waals surface area contributed by atoms with Crippen LogP contribution in [0.5, 0.6) is 0 Å². The Morgan fingerprint density at radius 1 is 1.40 bits per heavy atom. The maximum absolute atomic E-state index is 11.7. The molecule has 4 heteroatoms. The summed E-state index contributed by atoms with van der Waals surface area (Å²) >= 11 is 0. The largest absolute Gasteiger partial charge is 0.339 e. The van der Waals surface area contributed by atoms with Gasteiger partial charge in [-0.15, -0.1) is 0 Å². The fourth-order valence-electron chi connectivity index (χ4n) is 2.66. The van der Waals surface area contributed by atoms with Crippen molar-refractivity contribution in [2.75, 3.05) is 0 Å². The first-order chi connectivity index (χ1) is 9.65. The van der Waals surface area contributed by atoms with E-state index in [4.69, 9.17) is 4.52 Å². The zero-order chi connectivity index (χ0) is 14.1. The Morgan fingerprint density at radius 2 is 2.20 bits per heavy atom. The first kappa shape index (κ1) is 13.0. The van der Waals surface area contributed by atoms with E-state index >= 15 is 0 Å². The van der Waals surface area contributed by atoms with Crippen molar-refractivity contribution < 1.29 is 9.32 Å². The van der Waals surface area contributed by atoms with Gasteiger partial charge in [0.15, 0.2) is 5.82 Å². The molecular weight excluding hydrogens is 252 g/mol. The van der Waals surface area contributed by atoms with Crippen LogP contribution in [0.4, 0.5) is 0 Å². The number of nitrogens with zero attached hydrogens (tertiary/aromatic N) is 2. The molecule has 2 aromatic rings. The predicted molar refractivity (Wildman–Crippen MR) is 74.5 cm³/mol. The molecule has 4 nitrogen and oxygen atoms in total. The summed E-state index contributed by atoms with van der Waals surface area (Å²) in [5.74, 6) is 1.48. The molecule has 0 amide bonds. The Labute approximate surface area is 118 Å². The molecule has 20 heavy (non-hydrogen) atoms. The lowest BCUT2D eigenvalue weighted by atomic mass is 10.0. The van der Waals surface area contributed by atoms with Gasteiger partial charge in [-0.25, -0.2) is 0 Å². The maximum atomic E-state index is 11.7. The van der Waals surface area contributed by atoms with Crippen LogP contribution in [0.2, 0.25) is 0 Å². The van der Waals surface area contributed by atoms with Gasteiger partial charge in [0.2, 0.25) is 5.89 Å². The van der Waals surface area contributed by atoms with Gasteiger partial charge in [-0.2, -0.15) is 4.98 Å². The molecule has 3 rings (SSSR count). The maximum Gasteiger partial charge on any atom is 0.234 e. The highest BCUT2D eigenvalue weighted by Gasteiger charge is 2.28. The average Bonchev–Trinajstić information content (AvgIpc) is 3.04. The van der Waals surface area contributed by atoms with E-state index in [0.29, 0.717) is 11.7 Å². The van der Waals surface area contributed by atoms with E-state index in [9.17, 15) is 4.79 Å². The van der Waals surface area contributed by atoms with Crippen LogP contribution < -0.4 is 0 Å². The second-order valence-corrected chi connectivity index (χ2v) is 5.63. The van der Waals surface area contributed by atoms with Gasteiger partial charge in [-0.3, -0.25) is 4.79 Å². The summed E-state index contributed by atoms with van der Waals surface area (Å²) in [5, 5.41) is 4.07. The van der Waals surface area contributed by atoms with E-state index in [-0.39, 0.29) is 24.0 Å². The summed E-state index contributed by atoms with van der Waals surface area (Å²) in [6, 6.07) is 8.38. The first-order valence-electron chi connectivity index (χ1n) is 7.08. The number of carbonyl (C=O) groups excluding carboxylic acids is 1. The van der Waals surface area contributed by atoms with Gasteiger partial charge in [0.05, 0.1) is 6.42 Å². The summed E-state index contributed by atoms with van der Waals surface area (Å²) in [4.78, 5) is 16.1. The normalized spacial score (nSPS) is 17.4. The van der Waals surface area contributed by atoms with Crippen molar-refractivity contribution in [3.05, 3.63) is 47.1 Å². The van der Waals surface area contributed by atoms with Crippen LogP contribution in [0.25, 0.3) is 0 Å². The lowest BCUT2D eigenvalue weighted by Crippen LogP contribution is -2.10. The van der Waals surface area contributed by atoms with Gasteiger partial charge < -0.3 is 4.52 Å².